The molecule has 1 amide bonds. The summed E-state index contributed by atoms with van der Waals surface area (Å²) in [5, 5.41) is 21.7. The van der Waals surface area contributed by atoms with E-state index < -0.39 is 30.0 Å². The van der Waals surface area contributed by atoms with Crippen LogP contribution < -0.4 is 5.32 Å². The molecule has 2 N–H and O–H groups in total. The van der Waals surface area contributed by atoms with E-state index in [2.05, 4.69) is 5.32 Å². The van der Waals surface area contributed by atoms with Crippen LogP contribution in [0.4, 0.5) is 4.79 Å². The van der Waals surface area contributed by atoms with Gasteiger partial charge in [-0.2, -0.15) is 5.26 Å². The summed E-state index contributed by atoms with van der Waals surface area (Å²) in [6, 6.07) is 6.64. The number of benzene rings is 1. The molecule has 0 aromatic heterocycles. The van der Waals surface area contributed by atoms with Crippen molar-refractivity contribution in [2.75, 3.05) is 6.54 Å². The van der Waals surface area contributed by atoms with Crippen molar-refractivity contribution >= 4 is 19.3 Å². The van der Waals surface area contributed by atoms with Gasteiger partial charge < -0.3 is 24.5 Å². The third kappa shape index (κ3) is 5.75. The number of carbonyl (C=O) groups excluding carboxylic acids is 1. The van der Waals surface area contributed by atoms with Crippen molar-refractivity contribution in [3.63, 3.8) is 0 Å². The van der Waals surface area contributed by atoms with Gasteiger partial charge in [0.1, 0.15) is 17.4 Å². The first-order valence-corrected chi connectivity index (χ1v) is 9.50. The van der Waals surface area contributed by atoms with Gasteiger partial charge in [0.25, 0.3) is 0 Å². The molecule has 7 nitrogen and oxygen atoms in total. The zero-order valence-corrected chi connectivity index (χ0v) is 18.1. The maximum Gasteiger partial charge on any atom is 0.492 e. The number of phenols is 1. The number of phenolic OH excluding ortho intramolecular Hbond substituents is 1. The van der Waals surface area contributed by atoms with Crippen molar-refractivity contribution in [2.45, 2.75) is 65.3 Å². The zero-order chi connectivity index (χ0) is 22.0. The second-order valence-electron chi connectivity index (χ2n) is 9.05. The highest BCUT2D eigenvalue weighted by Gasteiger charge is 2.52. The summed E-state index contributed by atoms with van der Waals surface area (Å²) in [4.78, 5) is 12.1. The molecular formula is C21H29BN2O5. The number of nitrogens with one attached hydrogen (secondary N) is 1. The highest BCUT2D eigenvalue weighted by molar-refractivity contribution is 6.56. The minimum Gasteiger partial charge on any atom is -0.507 e. The van der Waals surface area contributed by atoms with Crippen molar-refractivity contribution in [3.05, 3.63) is 34.8 Å². The lowest BCUT2D eigenvalue weighted by molar-refractivity contribution is 0.00578. The van der Waals surface area contributed by atoms with E-state index in [1.165, 1.54) is 12.1 Å². The first kappa shape index (κ1) is 22.8. The van der Waals surface area contributed by atoms with Gasteiger partial charge in [-0.25, -0.2) is 4.79 Å². The van der Waals surface area contributed by atoms with Gasteiger partial charge in [0.2, 0.25) is 0 Å². The van der Waals surface area contributed by atoms with Crippen LogP contribution in [0.25, 0.3) is 6.08 Å². The molecule has 1 saturated heterocycles. The van der Waals surface area contributed by atoms with Gasteiger partial charge in [-0.15, -0.1) is 0 Å². The van der Waals surface area contributed by atoms with Crippen LogP contribution in [0, 0.1) is 11.3 Å². The Balaban J connectivity index is 2.30. The van der Waals surface area contributed by atoms with Gasteiger partial charge in [0.05, 0.1) is 16.8 Å². The molecule has 1 aromatic rings. The number of aromatic hydroxyl groups is 1. The van der Waals surface area contributed by atoms with Gasteiger partial charge in [-0.05, 0) is 71.6 Å². The standard InChI is InChI=1S/C21H29BN2O5/c1-19(2,3)27-18(26)24-13-16(22-28-20(4,5)21(6,7)29-22)10-14-8-9-15(12-23)17(25)11-14/h8-11,25H,13H2,1-7H3,(H,24,26). The van der Waals surface area contributed by atoms with Crippen molar-refractivity contribution in [2.24, 2.45) is 0 Å². The summed E-state index contributed by atoms with van der Waals surface area (Å²) in [5.41, 5.74) is -0.218. The maximum absolute atomic E-state index is 12.1. The number of alkyl carbamates (subject to hydrolysis) is 1. The second-order valence-corrected chi connectivity index (χ2v) is 9.05. The Bertz CT molecular complexity index is 834. The summed E-state index contributed by atoms with van der Waals surface area (Å²) in [7, 11) is -0.687. The van der Waals surface area contributed by atoms with Crippen molar-refractivity contribution in [3.8, 4) is 11.8 Å². The molecule has 1 aliphatic heterocycles. The average Bonchev–Trinajstić information content (AvgIpc) is 2.77. The third-order valence-corrected chi connectivity index (χ3v) is 4.89. The highest BCUT2D eigenvalue weighted by atomic mass is 16.7. The molecule has 29 heavy (non-hydrogen) atoms. The van der Waals surface area contributed by atoms with E-state index >= 15 is 0 Å². The number of ether oxygens (including phenoxy) is 1. The summed E-state index contributed by atoms with van der Waals surface area (Å²) in [6.07, 6.45) is 1.21. The number of hydrogen-bond donors (Lipinski definition) is 2. The molecule has 156 valence electrons. The van der Waals surface area contributed by atoms with Crippen LogP contribution >= 0.6 is 0 Å². The molecule has 0 radical (unpaired) electrons. The highest BCUT2D eigenvalue weighted by Crippen LogP contribution is 2.38. The Labute approximate surface area is 172 Å². The summed E-state index contributed by atoms with van der Waals surface area (Å²) < 4.78 is 17.5. The Morgan fingerprint density at radius 3 is 2.34 bits per heavy atom. The molecule has 0 unspecified atom stereocenters. The lowest BCUT2D eigenvalue weighted by Gasteiger charge is -2.32. The van der Waals surface area contributed by atoms with Gasteiger partial charge in [0.15, 0.2) is 0 Å². The molecule has 0 spiro atoms. The molecule has 0 aliphatic carbocycles. The minimum atomic E-state index is -0.687. The van der Waals surface area contributed by atoms with Crippen LogP contribution in [0.5, 0.6) is 5.75 Å². The predicted octanol–water partition coefficient (Wildman–Crippen LogP) is 3.80. The van der Waals surface area contributed by atoms with E-state index in [4.69, 9.17) is 19.3 Å². The van der Waals surface area contributed by atoms with Gasteiger partial charge in [-0.3, -0.25) is 0 Å². The van der Waals surface area contributed by atoms with Crippen LogP contribution in [0.2, 0.25) is 0 Å². The lowest BCUT2D eigenvalue weighted by Crippen LogP contribution is -2.41. The second kappa shape index (κ2) is 8.09. The van der Waals surface area contributed by atoms with Gasteiger partial charge in [-0.1, -0.05) is 12.1 Å². The topological polar surface area (TPSA) is 101 Å². The molecule has 2 rings (SSSR count). The lowest BCUT2D eigenvalue weighted by atomic mass is 9.77. The predicted molar refractivity (Wildman–Crippen MR) is 111 cm³/mol. The number of nitrogens with zero attached hydrogens (tertiary/aromatic N) is 1. The Hall–Kier alpha value is -2.50. The fourth-order valence-corrected chi connectivity index (χ4v) is 2.63. The van der Waals surface area contributed by atoms with E-state index in [-0.39, 0.29) is 17.9 Å². The molecule has 1 fully saturated rings. The molecule has 8 heteroatoms. The fourth-order valence-electron chi connectivity index (χ4n) is 2.63. The zero-order valence-electron chi connectivity index (χ0n) is 18.1. The van der Waals surface area contributed by atoms with E-state index in [9.17, 15) is 9.90 Å². The number of amides is 1. The number of hydrogen-bond acceptors (Lipinski definition) is 6. The normalized spacial score (nSPS) is 18.3. The average molecular weight is 400 g/mol. The summed E-state index contributed by atoms with van der Waals surface area (Å²) >= 11 is 0. The minimum absolute atomic E-state index is 0.116. The largest absolute Gasteiger partial charge is 0.507 e. The Morgan fingerprint density at radius 2 is 1.86 bits per heavy atom. The van der Waals surface area contributed by atoms with E-state index in [0.29, 0.717) is 11.0 Å². The Kier molecular flexibility index (Phi) is 6.36. The van der Waals surface area contributed by atoms with Crippen LogP contribution in [-0.2, 0) is 14.0 Å². The van der Waals surface area contributed by atoms with Gasteiger partial charge >= 0.3 is 13.2 Å². The molecule has 0 atom stereocenters. The quantitative estimate of drug-likeness (QED) is 0.746. The van der Waals surface area contributed by atoms with E-state index in [1.54, 1.807) is 32.9 Å². The summed E-state index contributed by atoms with van der Waals surface area (Å²) in [6.45, 7) is 13.3. The number of nitriles is 1. The summed E-state index contributed by atoms with van der Waals surface area (Å²) in [5.74, 6) is -0.116. The molecule has 1 aromatic carbocycles. The molecule has 1 heterocycles. The first-order chi connectivity index (χ1) is 13.2. The van der Waals surface area contributed by atoms with Crippen molar-refractivity contribution < 1.29 is 23.9 Å². The number of carbonyl (C=O) groups is 1. The first-order valence-electron chi connectivity index (χ1n) is 9.50. The van der Waals surface area contributed by atoms with Crippen LogP contribution in [0.1, 0.15) is 59.6 Å². The van der Waals surface area contributed by atoms with Gasteiger partial charge in [0, 0.05) is 6.54 Å². The molecular weight excluding hydrogens is 371 g/mol. The van der Waals surface area contributed by atoms with Crippen LogP contribution in [0.3, 0.4) is 0 Å². The van der Waals surface area contributed by atoms with Crippen LogP contribution in [0.15, 0.2) is 23.7 Å². The van der Waals surface area contributed by atoms with Crippen LogP contribution in [-0.4, -0.2) is 41.7 Å². The Morgan fingerprint density at radius 1 is 1.28 bits per heavy atom. The third-order valence-electron chi connectivity index (χ3n) is 4.89. The number of rotatable bonds is 4. The SMILES string of the molecule is CC(C)(C)OC(=O)NCC(=Cc1ccc(C#N)c(O)c1)B1OC(C)(C)C(C)(C)O1. The molecule has 0 saturated carbocycles. The van der Waals surface area contributed by atoms with Crippen molar-refractivity contribution in [1.82, 2.24) is 5.32 Å². The van der Waals surface area contributed by atoms with E-state index in [1.807, 2.05) is 33.8 Å². The smallest absolute Gasteiger partial charge is 0.492 e. The maximum atomic E-state index is 12.1. The van der Waals surface area contributed by atoms with E-state index in [0.717, 1.165) is 0 Å². The molecule has 0 bridgehead atoms. The van der Waals surface area contributed by atoms with Crippen molar-refractivity contribution in [1.29, 1.82) is 5.26 Å². The molecule has 1 aliphatic rings. The fraction of sp³-hybridized carbons (Fsp3) is 0.524. The monoisotopic (exact) mass is 400 g/mol.